The van der Waals surface area contributed by atoms with Crippen LogP contribution in [0.3, 0.4) is 0 Å². The number of benzene rings is 1. The summed E-state index contributed by atoms with van der Waals surface area (Å²) >= 11 is 0. The molecule has 2 rings (SSSR count). The minimum atomic E-state index is 0.313. The Kier molecular flexibility index (Phi) is 2.99. The van der Waals surface area contributed by atoms with Gasteiger partial charge in [0.15, 0.2) is 0 Å². The average Bonchev–Trinajstić information content (AvgIpc) is 2.66. The van der Waals surface area contributed by atoms with Crippen molar-refractivity contribution in [3.63, 3.8) is 0 Å². The summed E-state index contributed by atoms with van der Waals surface area (Å²) in [6.07, 6.45) is 0. The first-order valence-corrected chi connectivity index (χ1v) is 4.67. The molecule has 78 valence electrons. The predicted molar refractivity (Wildman–Crippen MR) is 55.9 cm³/mol. The highest BCUT2D eigenvalue weighted by Gasteiger charge is 2.00. The van der Waals surface area contributed by atoms with E-state index in [-0.39, 0.29) is 0 Å². The molecule has 0 spiro atoms. The smallest absolute Gasteiger partial charge is 0.222 e. The molecule has 4 nitrogen and oxygen atoms in total. The highest BCUT2D eigenvalue weighted by molar-refractivity contribution is 5.23. The predicted octanol–water partition coefficient (Wildman–Crippen LogP) is 1.97. The van der Waals surface area contributed by atoms with E-state index in [9.17, 15) is 0 Å². The van der Waals surface area contributed by atoms with Gasteiger partial charge in [0.1, 0.15) is 5.69 Å². The van der Waals surface area contributed by atoms with Gasteiger partial charge in [-0.1, -0.05) is 35.5 Å². The zero-order chi connectivity index (χ0) is 10.5. The minimum Gasteiger partial charge on any atom is -0.370 e. The van der Waals surface area contributed by atoms with E-state index in [0.29, 0.717) is 24.8 Å². The Bertz CT molecular complexity index is 412. The van der Waals surface area contributed by atoms with Crippen LogP contribution < -0.4 is 5.73 Å². The zero-order valence-corrected chi connectivity index (χ0v) is 8.22. The van der Waals surface area contributed by atoms with Crippen molar-refractivity contribution in [2.24, 2.45) is 0 Å². The molecule has 1 heterocycles. The van der Waals surface area contributed by atoms with Gasteiger partial charge in [0.2, 0.25) is 5.88 Å². The van der Waals surface area contributed by atoms with E-state index in [2.05, 4.69) is 5.16 Å². The van der Waals surface area contributed by atoms with Crippen LogP contribution in [-0.2, 0) is 18.0 Å². The number of hydrogen-bond acceptors (Lipinski definition) is 4. The molecule has 0 fully saturated rings. The summed E-state index contributed by atoms with van der Waals surface area (Å²) in [6.45, 7) is 0.975. The molecule has 0 unspecified atom stereocenters. The Labute approximate surface area is 87.6 Å². The second-order valence-corrected chi connectivity index (χ2v) is 3.20. The summed E-state index contributed by atoms with van der Waals surface area (Å²) in [4.78, 5) is 0. The summed E-state index contributed by atoms with van der Waals surface area (Å²) in [7, 11) is 0. The second-order valence-electron chi connectivity index (χ2n) is 3.20. The molecule has 0 amide bonds. The van der Waals surface area contributed by atoms with Crippen LogP contribution in [0, 0.1) is 0 Å². The molecule has 2 N–H and O–H groups in total. The van der Waals surface area contributed by atoms with Crippen LogP contribution in [0.5, 0.6) is 0 Å². The molecule has 0 bridgehead atoms. The van der Waals surface area contributed by atoms with E-state index in [4.69, 9.17) is 15.0 Å². The van der Waals surface area contributed by atoms with Crippen molar-refractivity contribution < 1.29 is 9.26 Å². The lowest BCUT2D eigenvalue weighted by atomic mass is 10.2. The Balaban J connectivity index is 1.80. The topological polar surface area (TPSA) is 61.3 Å². The fourth-order valence-electron chi connectivity index (χ4n) is 1.24. The van der Waals surface area contributed by atoms with Crippen LogP contribution in [0.4, 0.5) is 5.88 Å². The summed E-state index contributed by atoms with van der Waals surface area (Å²) in [5.74, 6) is 0.313. The second kappa shape index (κ2) is 4.61. The lowest BCUT2D eigenvalue weighted by Crippen LogP contribution is -1.93. The van der Waals surface area contributed by atoms with Crippen molar-refractivity contribution in [3.05, 3.63) is 47.7 Å². The van der Waals surface area contributed by atoms with Crippen LogP contribution >= 0.6 is 0 Å². The SMILES string of the molecule is Nc1cc(COCc2ccccc2)no1. The number of nitrogens with zero attached hydrogens (tertiary/aromatic N) is 1. The number of rotatable bonds is 4. The maximum atomic E-state index is 5.44. The molecule has 1 aromatic heterocycles. The van der Waals surface area contributed by atoms with E-state index in [1.807, 2.05) is 30.3 Å². The van der Waals surface area contributed by atoms with Crippen molar-refractivity contribution in [2.75, 3.05) is 5.73 Å². The molecule has 2 aromatic rings. The third kappa shape index (κ3) is 2.82. The highest BCUT2D eigenvalue weighted by atomic mass is 16.5. The summed E-state index contributed by atoms with van der Waals surface area (Å²) in [5.41, 5.74) is 7.22. The van der Waals surface area contributed by atoms with Crippen molar-refractivity contribution in [2.45, 2.75) is 13.2 Å². The van der Waals surface area contributed by atoms with Crippen LogP contribution in [0.15, 0.2) is 40.9 Å². The van der Waals surface area contributed by atoms with Gasteiger partial charge in [-0.15, -0.1) is 0 Å². The lowest BCUT2D eigenvalue weighted by Gasteiger charge is -2.00. The molecule has 0 aliphatic carbocycles. The average molecular weight is 204 g/mol. The maximum Gasteiger partial charge on any atom is 0.222 e. The Morgan fingerprint density at radius 2 is 2.00 bits per heavy atom. The van der Waals surface area contributed by atoms with Gasteiger partial charge < -0.3 is 15.0 Å². The Hall–Kier alpha value is -1.81. The molecule has 0 radical (unpaired) electrons. The minimum absolute atomic E-state index is 0.313. The van der Waals surface area contributed by atoms with Crippen molar-refractivity contribution in [1.29, 1.82) is 0 Å². The third-order valence-corrected chi connectivity index (χ3v) is 1.94. The lowest BCUT2D eigenvalue weighted by molar-refractivity contribution is 0.102. The standard InChI is InChI=1S/C11H12N2O2/c12-11-6-10(13-15-11)8-14-7-9-4-2-1-3-5-9/h1-6H,7-8,12H2. The van der Waals surface area contributed by atoms with E-state index < -0.39 is 0 Å². The number of ether oxygens (including phenoxy) is 1. The fraction of sp³-hybridized carbons (Fsp3) is 0.182. The molecular weight excluding hydrogens is 192 g/mol. The Morgan fingerprint density at radius 1 is 1.20 bits per heavy atom. The van der Waals surface area contributed by atoms with Gasteiger partial charge in [-0.25, -0.2) is 0 Å². The van der Waals surface area contributed by atoms with E-state index in [1.54, 1.807) is 6.07 Å². The molecule has 0 saturated carbocycles. The number of nitrogens with two attached hydrogens (primary N) is 1. The first kappa shape index (κ1) is 9.73. The van der Waals surface area contributed by atoms with Crippen molar-refractivity contribution in [3.8, 4) is 0 Å². The molecule has 0 atom stereocenters. The summed E-state index contributed by atoms with van der Waals surface area (Å²) < 4.78 is 10.2. The summed E-state index contributed by atoms with van der Waals surface area (Å²) in [5, 5.41) is 3.72. The van der Waals surface area contributed by atoms with Crippen LogP contribution in [0.2, 0.25) is 0 Å². The van der Waals surface area contributed by atoms with Gasteiger partial charge in [-0.2, -0.15) is 0 Å². The summed E-state index contributed by atoms with van der Waals surface area (Å²) in [6, 6.07) is 11.6. The molecule has 0 aliphatic heterocycles. The number of aromatic nitrogens is 1. The maximum absolute atomic E-state index is 5.44. The van der Waals surface area contributed by atoms with Crippen LogP contribution in [0.1, 0.15) is 11.3 Å². The van der Waals surface area contributed by atoms with Gasteiger partial charge in [0.25, 0.3) is 0 Å². The molecule has 0 aliphatic rings. The fourth-order valence-corrected chi connectivity index (χ4v) is 1.24. The van der Waals surface area contributed by atoms with E-state index in [0.717, 1.165) is 5.56 Å². The molecule has 1 aromatic carbocycles. The molecule has 15 heavy (non-hydrogen) atoms. The first-order chi connectivity index (χ1) is 7.34. The highest BCUT2D eigenvalue weighted by Crippen LogP contribution is 2.07. The normalized spacial score (nSPS) is 10.4. The van der Waals surface area contributed by atoms with Crippen molar-refractivity contribution >= 4 is 5.88 Å². The van der Waals surface area contributed by atoms with Gasteiger partial charge in [0.05, 0.1) is 13.2 Å². The third-order valence-electron chi connectivity index (χ3n) is 1.94. The quantitative estimate of drug-likeness (QED) is 0.827. The van der Waals surface area contributed by atoms with Crippen LogP contribution in [-0.4, -0.2) is 5.16 Å². The zero-order valence-electron chi connectivity index (χ0n) is 8.22. The van der Waals surface area contributed by atoms with Gasteiger partial charge >= 0.3 is 0 Å². The monoisotopic (exact) mass is 204 g/mol. The largest absolute Gasteiger partial charge is 0.370 e. The van der Waals surface area contributed by atoms with Gasteiger partial charge in [-0.3, -0.25) is 0 Å². The van der Waals surface area contributed by atoms with Gasteiger partial charge in [0, 0.05) is 6.07 Å². The Morgan fingerprint density at radius 3 is 2.67 bits per heavy atom. The first-order valence-electron chi connectivity index (χ1n) is 4.67. The number of hydrogen-bond donors (Lipinski definition) is 1. The molecule has 4 heteroatoms. The van der Waals surface area contributed by atoms with Crippen molar-refractivity contribution in [1.82, 2.24) is 5.16 Å². The number of anilines is 1. The van der Waals surface area contributed by atoms with Crippen LogP contribution in [0.25, 0.3) is 0 Å². The van der Waals surface area contributed by atoms with E-state index in [1.165, 1.54) is 0 Å². The molecular formula is C11H12N2O2. The van der Waals surface area contributed by atoms with E-state index >= 15 is 0 Å². The molecule has 0 saturated heterocycles. The number of nitrogen functional groups attached to an aromatic ring is 1. The van der Waals surface area contributed by atoms with Gasteiger partial charge in [-0.05, 0) is 5.56 Å².